The van der Waals surface area contributed by atoms with Gasteiger partial charge in [0.05, 0.1) is 18.3 Å². The van der Waals surface area contributed by atoms with Crippen LogP contribution in [0, 0.1) is 18.3 Å². The molecule has 31 heavy (non-hydrogen) atoms. The number of carbonyl (C=O) groups excluding carboxylic acids is 1. The van der Waals surface area contributed by atoms with E-state index >= 15 is 0 Å². The maximum atomic E-state index is 11.7. The predicted molar refractivity (Wildman–Crippen MR) is 115 cm³/mol. The average molecular weight is 419 g/mol. The molecule has 160 valence electrons. The highest BCUT2D eigenvalue weighted by molar-refractivity contribution is 5.70. The van der Waals surface area contributed by atoms with Gasteiger partial charge in [0.25, 0.3) is 5.89 Å². The lowest BCUT2D eigenvalue weighted by Crippen LogP contribution is -2.06. The van der Waals surface area contributed by atoms with E-state index in [0.29, 0.717) is 48.0 Å². The van der Waals surface area contributed by atoms with E-state index in [4.69, 9.17) is 14.0 Å². The molecule has 7 heteroatoms. The Hall–Kier alpha value is -3.66. The summed E-state index contributed by atoms with van der Waals surface area (Å²) in [5.41, 5.74) is 3.89. The molecule has 0 unspecified atom stereocenters. The molecular formula is C24H25N3O4. The minimum absolute atomic E-state index is 0.0352. The Labute approximate surface area is 181 Å². The highest BCUT2D eigenvalue weighted by atomic mass is 16.5. The van der Waals surface area contributed by atoms with E-state index in [0.717, 1.165) is 16.7 Å². The fourth-order valence-electron chi connectivity index (χ4n) is 3.22. The Bertz CT molecular complexity index is 1110. The van der Waals surface area contributed by atoms with Crippen molar-refractivity contribution in [3.63, 3.8) is 0 Å². The van der Waals surface area contributed by atoms with E-state index in [1.165, 1.54) is 0 Å². The van der Waals surface area contributed by atoms with Crippen LogP contribution in [-0.2, 0) is 16.0 Å². The number of esters is 1. The molecule has 0 N–H and O–H groups in total. The maximum absolute atomic E-state index is 11.7. The van der Waals surface area contributed by atoms with E-state index in [-0.39, 0.29) is 12.1 Å². The number of ether oxygens (including phenoxy) is 2. The molecule has 0 amide bonds. The molecule has 3 aromatic rings. The topological polar surface area (TPSA) is 98.2 Å². The fourth-order valence-corrected chi connectivity index (χ4v) is 3.22. The van der Waals surface area contributed by atoms with E-state index in [9.17, 15) is 10.1 Å². The van der Waals surface area contributed by atoms with Gasteiger partial charge in [0.15, 0.2) is 0 Å². The van der Waals surface area contributed by atoms with E-state index in [1.807, 2.05) is 39.0 Å². The molecule has 0 atom stereocenters. The molecule has 0 aliphatic carbocycles. The van der Waals surface area contributed by atoms with Crippen molar-refractivity contribution in [3.8, 4) is 34.7 Å². The Morgan fingerprint density at radius 3 is 2.77 bits per heavy atom. The van der Waals surface area contributed by atoms with Crippen molar-refractivity contribution in [2.45, 2.75) is 46.6 Å². The molecule has 0 radical (unpaired) electrons. The molecule has 0 aliphatic heterocycles. The van der Waals surface area contributed by atoms with Gasteiger partial charge < -0.3 is 14.0 Å². The summed E-state index contributed by atoms with van der Waals surface area (Å²) in [6.07, 6.45) is 0.857. The first-order valence-electron chi connectivity index (χ1n) is 10.2. The van der Waals surface area contributed by atoms with Crippen LogP contribution in [0.3, 0.4) is 0 Å². The van der Waals surface area contributed by atoms with Crippen molar-refractivity contribution in [3.05, 3.63) is 53.1 Å². The Kier molecular flexibility index (Phi) is 7.03. The third-order valence-electron chi connectivity index (χ3n) is 4.73. The standard InChI is InChI=1S/C24H25N3O4/c1-5-29-22(28)12-10-17-7-6-8-20(16(17)4)23-26-24(31-27-23)18-9-11-21(30-15(2)3)19(13-18)14-25/h6-9,11,13,15H,5,10,12H2,1-4H3. The van der Waals surface area contributed by atoms with Crippen LogP contribution in [0.4, 0.5) is 0 Å². The largest absolute Gasteiger partial charge is 0.490 e. The molecule has 1 heterocycles. The maximum Gasteiger partial charge on any atom is 0.306 e. The van der Waals surface area contributed by atoms with Crippen LogP contribution in [0.2, 0.25) is 0 Å². The van der Waals surface area contributed by atoms with Crippen molar-refractivity contribution in [1.29, 1.82) is 5.26 Å². The molecule has 0 aliphatic rings. The molecule has 0 bridgehead atoms. The van der Waals surface area contributed by atoms with Crippen molar-refractivity contribution < 1.29 is 18.8 Å². The summed E-state index contributed by atoms with van der Waals surface area (Å²) >= 11 is 0. The molecule has 0 saturated heterocycles. The van der Waals surface area contributed by atoms with Gasteiger partial charge in [-0.05, 0) is 63.4 Å². The average Bonchev–Trinajstić information content (AvgIpc) is 3.23. The zero-order valence-corrected chi connectivity index (χ0v) is 18.1. The van der Waals surface area contributed by atoms with Crippen molar-refractivity contribution in [2.24, 2.45) is 0 Å². The first kappa shape index (κ1) is 22.0. The van der Waals surface area contributed by atoms with Crippen LogP contribution in [0.5, 0.6) is 5.75 Å². The van der Waals surface area contributed by atoms with Crippen LogP contribution in [0.15, 0.2) is 40.9 Å². The van der Waals surface area contributed by atoms with Crippen molar-refractivity contribution in [2.75, 3.05) is 6.61 Å². The smallest absolute Gasteiger partial charge is 0.306 e. The summed E-state index contributed by atoms with van der Waals surface area (Å²) in [5, 5.41) is 13.6. The number of rotatable bonds is 8. The van der Waals surface area contributed by atoms with Gasteiger partial charge in [-0.1, -0.05) is 23.4 Å². The summed E-state index contributed by atoms with van der Waals surface area (Å²) in [6.45, 7) is 7.95. The van der Waals surface area contributed by atoms with E-state index in [1.54, 1.807) is 25.1 Å². The fraction of sp³-hybridized carbons (Fsp3) is 0.333. The van der Waals surface area contributed by atoms with Gasteiger partial charge >= 0.3 is 5.97 Å². The SMILES string of the molecule is CCOC(=O)CCc1cccc(-c2noc(-c3ccc(OC(C)C)c(C#N)c3)n2)c1C. The summed E-state index contributed by atoms with van der Waals surface area (Å²) in [5.74, 6) is 1.07. The summed E-state index contributed by atoms with van der Waals surface area (Å²) in [7, 11) is 0. The van der Waals surface area contributed by atoms with Gasteiger partial charge in [-0.2, -0.15) is 10.2 Å². The summed E-state index contributed by atoms with van der Waals surface area (Å²) in [6, 6.07) is 13.1. The number of hydrogen-bond donors (Lipinski definition) is 0. The highest BCUT2D eigenvalue weighted by Gasteiger charge is 2.16. The van der Waals surface area contributed by atoms with Gasteiger partial charge in [-0.25, -0.2) is 0 Å². The monoisotopic (exact) mass is 419 g/mol. The van der Waals surface area contributed by atoms with Crippen LogP contribution in [-0.4, -0.2) is 28.8 Å². The second-order valence-corrected chi connectivity index (χ2v) is 7.31. The Morgan fingerprint density at radius 2 is 2.06 bits per heavy atom. The molecule has 7 nitrogen and oxygen atoms in total. The zero-order valence-electron chi connectivity index (χ0n) is 18.1. The molecule has 3 rings (SSSR count). The van der Waals surface area contributed by atoms with Crippen molar-refractivity contribution in [1.82, 2.24) is 10.1 Å². The number of carbonyl (C=O) groups is 1. The summed E-state index contributed by atoms with van der Waals surface area (Å²) in [4.78, 5) is 16.2. The molecule has 2 aromatic carbocycles. The van der Waals surface area contributed by atoms with Crippen LogP contribution < -0.4 is 4.74 Å². The Morgan fingerprint density at radius 1 is 1.26 bits per heavy atom. The number of aryl methyl sites for hydroxylation is 1. The third kappa shape index (κ3) is 5.28. The number of nitrogens with zero attached hydrogens (tertiary/aromatic N) is 3. The molecular weight excluding hydrogens is 394 g/mol. The van der Waals surface area contributed by atoms with Gasteiger partial charge in [-0.3, -0.25) is 4.79 Å². The lowest BCUT2D eigenvalue weighted by atomic mass is 9.98. The second-order valence-electron chi connectivity index (χ2n) is 7.31. The minimum Gasteiger partial charge on any atom is -0.490 e. The lowest BCUT2D eigenvalue weighted by Gasteiger charge is -2.11. The van der Waals surface area contributed by atoms with Gasteiger partial charge in [0.1, 0.15) is 11.8 Å². The first-order valence-corrected chi connectivity index (χ1v) is 10.2. The van der Waals surface area contributed by atoms with Crippen LogP contribution >= 0.6 is 0 Å². The number of hydrogen-bond acceptors (Lipinski definition) is 7. The zero-order chi connectivity index (χ0) is 22.4. The highest BCUT2D eigenvalue weighted by Crippen LogP contribution is 2.29. The second kappa shape index (κ2) is 9.90. The number of nitriles is 1. The summed E-state index contributed by atoms with van der Waals surface area (Å²) < 4.78 is 16.1. The van der Waals surface area contributed by atoms with E-state index < -0.39 is 0 Å². The number of aromatic nitrogens is 2. The molecule has 0 spiro atoms. The van der Waals surface area contributed by atoms with E-state index in [2.05, 4.69) is 16.2 Å². The third-order valence-corrected chi connectivity index (χ3v) is 4.73. The molecule has 0 saturated carbocycles. The quantitative estimate of drug-likeness (QED) is 0.481. The predicted octanol–water partition coefficient (Wildman–Crippen LogP) is 4.87. The molecule has 0 fully saturated rings. The first-order chi connectivity index (χ1) is 14.9. The van der Waals surface area contributed by atoms with Gasteiger partial charge in [0.2, 0.25) is 5.82 Å². The van der Waals surface area contributed by atoms with Gasteiger partial charge in [0, 0.05) is 17.5 Å². The Balaban J connectivity index is 1.85. The lowest BCUT2D eigenvalue weighted by molar-refractivity contribution is -0.143. The van der Waals surface area contributed by atoms with Crippen LogP contribution in [0.25, 0.3) is 22.8 Å². The van der Waals surface area contributed by atoms with Crippen molar-refractivity contribution >= 4 is 5.97 Å². The van der Waals surface area contributed by atoms with Gasteiger partial charge in [-0.15, -0.1) is 0 Å². The normalized spacial score (nSPS) is 10.7. The molecule has 1 aromatic heterocycles. The minimum atomic E-state index is -0.215. The number of benzene rings is 2. The van der Waals surface area contributed by atoms with Crippen LogP contribution in [0.1, 0.15) is 43.9 Å².